The van der Waals surface area contributed by atoms with Crippen LogP contribution in [-0.4, -0.2) is 54.1 Å². The minimum atomic E-state index is 0. The first kappa shape index (κ1) is 18.9. The van der Waals surface area contributed by atoms with Crippen LogP contribution in [0.5, 0.6) is 0 Å². The van der Waals surface area contributed by atoms with E-state index in [-0.39, 0.29) is 24.0 Å². The van der Waals surface area contributed by atoms with E-state index >= 15 is 0 Å². The van der Waals surface area contributed by atoms with Crippen LogP contribution < -0.4 is 10.2 Å². The minimum absolute atomic E-state index is 0. The van der Waals surface area contributed by atoms with E-state index in [0.29, 0.717) is 0 Å². The van der Waals surface area contributed by atoms with E-state index in [0.717, 1.165) is 44.6 Å². The molecule has 1 aliphatic rings. The van der Waals surface area contributed by atoms with Crippen molar-refractivity contribution in [2.75, 3.05) is 38.1 Å². The van der Waals surface area contributed by atoms with Crippen molar-refractivity contribution in [1.82, 2.24) is 20.2 Å². The fourth-order valence-electron chi connectivity index (χ4n) is 2.65. The fourth-order valence-corrected chi connectivity index (χ4v) is 3.50. The number of anilines is 1. The molecule has 2 aromatic rings. The summed E-state index contributed by atoms with van der Waals surface area (Å²) in [5.41, 5.74) is 1.34. The second kappa shape index (κ2) is 9.16. The monoisotopic (exact) mass is 458 g/mol. The molecule has 0 amide bonds. The quantitative estimate of drug-likeness (QED) is 0.435. The van der Waals surface area contributed by atoms with Crippen LogP contribution in [0, 0.1) is 6.92 Å². The summed E-state index contributed by atoms with van der Waals surface area (Å²) in [5.74, 6) is 1.77. The molecule has 1 fully saturated rings. The smallest absolute Gasteiger partial charge is 0.225 e. The number of guanidine groups is 1. The number of hydrogen-bond acceptors (Lipinski definition) is 5. The van der Waals surface area contributed by atoms with Crippen molar-refractivity contribution in [3.63, 3.8) is 0 Å². The van der Waals surface area contributed by atoms with Crippen LogP contribution in [0.4, 0.5) is 5.95 Å². The molecule has 1 N–H and O–H groups in total. The molecule has 1 saturated heterocycles. The molecule has 6 nitrogen and oxygen atoms in total. The predicted octanol–water partition coefficient (Wildman–Crippen LogP) is 2.36. The summed E-state index contributed by atoms with van der Waals surface area (Å²) >= 11 is 1.79. The number of halogens is 1. The molecule has 0 aromatic carbocycles. The topological polar surface area (TPSA) is 56.7 Å². The van der Waals surface area contributed by atoms with Crippen molar-refractivity contribution < 1.29 is 0 Å². The number of aromatic nitrogens is 2. The van der Waals surface area contributed by atoms with Gasteiger partial charge in [0.25, 0.3) is 0 Å². The summed E-state index contributed by atoms with van der Waals surface area (Å²) < 4.78 is 0. The lowest BCUT2D eigenvalue weighted by Gasteiger charge is -2.36. The third-order valence-electron chi connectivity index (χ3n) is 4.00. The van der Waals surface area contributed by atoms with E-state index in [9.17, 15) is 0 Å². The molecule has 0 bridgehead atoms. The first-order valence-electron chi connectivity index (χ1n) is 7.78. The molecule has 1 aliphatic heterocycles. The van der Waals surface area contributed by atoms with Gasteiger partial charge in [-0.1, -0.05) is 0 Å². The summed E-state index contributed by atoms with van der Waals surface area (Å²) in [5, 5.41) is 5.61. The molecule has 3 rings (SSSR count). The lowest BCUT2D eigenvalue weighted by molar-refractivity contribution is 0.370. The highest BCUT2D eigenvalue weighted by molar-refractivity contribution is 14.0. The summed E-state index contributed by atoms with van der Waals surface area (Å²) in [6, 6.07) is 4.00. The second-order valence-corrected chi connectivity index (χ2v) is 6.45. The van der Waals surface area contributed by atoms with Gasteiger partial charge in [-0.05, 0) is 30.0 Å². The molecule has 0 unspecified atom stereocenters. The van der Waals surface area contributed by atoms with Crippen LogP contribution in [0.15, 0.2) is 34.9 Å². The number of aryl methyl sites for hydroxylation is 1. The molecule has 0 aliphatic carbocycles. The van der Waals surface area contributed by atoms with Crippen LogP contribution in [0.1, 0.15) is 10.4 Å². The van der Waals surface area contributed by atoms with Gasteiger partial charge in [0.15, 0.2) is 5.96 Å². The van der Waals surface area contributed by atoms with E-state index in [4.69, 9.17) is 0 Å². The average molecular weight is 458 g/mol. The van der Waals surface area contributed by atoms with Crippen LogP contribution >= 0.6 is 35.3 Å². The van der Waals surface area contributed by atoms with Crippen LogP contribution in [0.25, 0.3) is 0 Å². The summed E-state index contributed by atoms with van der Waals surface area (Å²) in [6.07, 6.45) is 3.58. The third-order valence-corrected chi connectivity index (χ3v) is 5.02. The number of piperazine rings is 1. The molecule has 0 atom stereocenters. The zero-order valence-corrected chi connectivity index (χ0v) is 17.1. The van der Waals surface area contributed by atoms with Crippen LogP contribution in [0.2, 0.25) is 0 Å². The second-order valence-electron chi connectivity index (χ2n) is 5.45. The third kappa shape index (κ3) is 4.56. The summed E-state index contributed by atoms with van der Waals surface area (Å²) in [6.45, 7) is 6.63. The SMILES string of the molecule is CN=C(NCc1sccc1C)N1CCN(c2ncccn2)CC1.I. The highest BCUT2D eigenvalue weighted by Gasteiger charge is 2.21. The molecular formula is C16H23IN6S. The van der Waals surface area contributed by atoms with Crippen LogP contribution in [0.3, 0.4) is 0 Å². The van der Waals surface area contributed by atoms with Gasteiger partial charge in [-0.2, -0.15) is 0 Å². The number of hydrogen-bond donors (Lipinski definition) is 1. The molecule has 130 valence electrons. The highest BCUT2D eigenvalue weighted by atomic mass is 127. The Morgan fingerprint density at radius 1 is 1.25 bits per heavy atom. The van der Waals surface area contributed by atoms with Gasteiger partial charge in [-0.25, -0.2) is 9.97 Å². The molecular weight excluding hydrogens is 435 g/mol. The van der Waals surface area contributed by atoms with Gasteiger partial charge >= 0.3 is 0 Å². The maximum Gasteiger partial charge on any atom is 0.225 e. The maximum atomic E-state index is 4.42. The van der Waals surface area contributed by atoms with Crippen molar-refractivity contribution >= 4 is 47.2 Å². The number of nitrogens with zero attached hydrogens (tertiary/aromatic N) is 5. The lowest BCUT2D eigenvalue weighted by atomic mass is 10.3. The van der Waals surface area contributed by atoms with E-state index in [2.05, 4.69) is 48.4 Å². The van der Waals surface area contributed by atoms with Crippen molar-refractivity contribution in [3.05, 3.63) is 40.3 Å². The van der Waals surface area contributed by atoms with E-state index in [1.165, 1.54) is 10.4 Å². The highest BCUT2D eigenvalue weighted by Crippen LogP contribution is 2.15. The fraction of sp³-hybridized carbons (Fsp3) is 0.438. The Balaban J connectivity index is 0.00000208. The maximum absolute atomic E-state index is 4.42. The van der Waals surface area contributed by atoms with Gasteiger partial charge in [-0.3, -0.25) is 4.99 Å². The Labute approximate surface area is 164 Å². The molecule has 24 heavy (non-hydrogen) atoms. The number of aliphatic imine (C=N–C) groups is 1. The van der Waals surface area contributed by atoms with Crippen LogP contribution in [-0.2, 0) is 6.54 Å². The van der Waals surface area contributed by atoms with Gasteiger partial charge in [0.1, 0.15) is 0 Å². The van der Waals surface area contributed by atoms with Gasteiger partial charge in [0.05, 0.1) is 6.54 Å². The first-order valence-corrected chi connectivity index (χ1v) is 8.66. The van der Waals surface area contributed by atoms with E-state index in [1.807, 2.05) is 13.1 Å². The predicted molar refractivity (Wildman–Crippen MR) is 110 cm³/mol. The van der Waals surface area contributed by atoms with Gasteiger partial charge in [-0.15, -0.1) is 35.3 Å². The number of rotatable bonds is 3. The summed E-state index contributed by atoms with van der Waals surface area (Å²) in [4.78, 5) is 18.9. The normalized spacial score (nSPS) is 15.2. The van der Waals surface area contributed by atoms with Gasteiger partial charge < -0.3 is 15.1 Å². The average Bonchev–Trinajstić information content (AvgIpc) is 3.02. The molecule has 8 heteroatoms. The minimum Gasteiger partial charge on any atom is -0.351 e. The van der Waals surface area contributed by atoms with Crippen molar-refractivity contribution in [3.8, 4) is 0 Å². The van der Waals surface area contributed by atoms with Crippen molar-refractivity contribution in [2.24, 2.45) is 4.99 Å². The lowest BCUT2D eigenvalue weighted by Crippen LogP contribution is -2.52. The Morgan fingerprint density at radius 2 is 1.96 bits per heavy atom. The molecule has 2 aromatic heterocycles. The zero-order chi connectivity index (χ0) is 16.1. The molecule has 0 spiro atoms. The number of nitrogens with one attached hydrogen (secondary N) is 1. The van der Waals surface area contributed by atoms with Gasteiger partial charge in [0, 0.05) is 50.5 Å². The van der Waals surface area contributed by atoms with Crippen molar-refractivity contribution in [1.29, 1.82) is 0 Å². The molecule has 3 heterocycles. The Hall–Kier alpha value is -1.42. The first-order chi connectivity index (χ1) is 11.3. The van der Waals surface area contributed by atoms with E-state index < -0.39 is 0 Å². The Bertz CT molecular complexity index is 652. The Kier molecular flexibility index (Phi) is 7.22. The largest absolute Gasteiger partial charge is 0.351 e. The van der Waals surface area contributed by atoms with Crippen molar-refractivity contribution in [2.45, 2.75) is 13.5 Å². The van der Waals surface area contributed by atoms with Gasteiger partial charge in [0.2, 0.25) is 5.95 Å². The van der Waals surface area contributed by atoms with E-state index in [1.54, 1.807) is 23.7 Å². The number of thiophene rings is 1. The summed E-state index contributed by atoms with van der Waals surface area (Å²) in [7, 11) is 1.84. The molecule has 0 radical (unpaired) electrons. The Morgan fingerprint density at radius 3 is 2.54 bits per heavy atom. The standard InChI is InChI=1S/C16H22N6S.HI/c1-13-4-11-23-14(13)12-20-15(17-2)21-7-9-22(10-8-21)16-18-5-3-6-19-16;/h3-6,11H,7-10,12H2,1-2H3,(H,17,20);1H. The zero-order valence-electron chi connectivity index (χ0n) is 14.0. The molecule has 0 saturated carbocycles.